The first-order valence-electron chi connectivity index (χ1n) is 7.12. The highest BCUT2D eigenvalue weighted by Crippen LogP contribution is 2.21. The van der Waals surface area contributed by atoms with Crippen molar-refractivity contribution < 1.29 is 28.6 Å². The molecule has 7 heteroatoms. The van der Waals surface area contributed by atoms with Crippen LogP contribution in [-0.4, -0.2) is 28.6 Å². The molecule has 0 radical (unpaired) electrons. The topological polar surface area (TPSA) is 92.7 Å². The summed E-state index contributed by atoms with van der Waals surface area (Å²) < 4.78 is 18.8. The second-order valence-corrected chi connectivity index (χ2v) is 5.95. The van der Waals surface area contributed by atoms with Crippen LogP contribution in [0.3, 0.4) is 0 Å². The molecule has 0 bridgehead atoms. The Bertz CT molecular complexity index is 621. The third-order valence-electron chi connectivity index (χ3n) is 2.90. The number of hydrogen-bond acceptors (Lipinski definition) is 4. The van der Waals surface area contributed by atoms with Crippen LogP contribution in [0.25, 0.3) is 0 Å². The zero-order valence-corrected chi connectivity index (χ0v) is 13.5. The minimum absolute atomic E-state index is 0.165. The van der Waals surface area contributed by atoms with E-state index >= 15 is 0 Å². The molecule has 0 heterocycles. The Kier molecular flexibility index (Phi) is 5.84. The molecule has 0 spiro atoms. The van der Waals surface area contributed by atoms with Gasteiger partial charge in [-0.3, -0.25) is 9.59 Å². The molecular weight excluding hydrogens is 305 g/mol. The van der Waals surface area contributed by atoms with E-state index in [-0.39, 0.29) is 12.1 Å². The average Bonchev–Trinajstić information content (AvgIpc) is 2.36. The first-order valence-corrected chi connectivity index (χ1v) is 7.12. The maximum atomic E-state index is 13.6. The van der Waals surface area contributed by atoms with E-state index in [1.807, 2.05) is 0 Å². The molecule has 6 nitrogen and oxygen atoms in total. The van der Waals surface area contributed by atoms with Crippen LogP contribution in [0, 0.1) is 11.7 Å². The maximum Gasteiger partial charge on any atom is 0.340 e. The molecule has 0 saturated carbocycles. The summed E-state index contributed by atoms with van der Waals surface area (Å²) in [5.74, 6) is -5.05. The summed E-state index contributed by atoms with van der Waals surface area (Å²) >= 11 is 0. The van der Waals surface area contributed by atoms with Gasteiger partial charge >= 0.3 is 11.9 Å². The summed E-state index contributed by atoms with van der Waals surface area (Å²) in [6, 6.07) is 3.50. The van der Waals surface area contributed by atoms with Gasteiger partial charge < -0.3 is 15.2 Å². The number of hydrogen-bond donors (Lipinski definition) is 2. The molecule has 0 aromatic heterocycles. The number of halogens is 1. The number of carboxylic acid groups (broad SMARTS) is 1. The van der Waals surface area contributed by atoms with E-state index in [0.29, 0.717) is 0 Å². The summed E-state index contributed by atoms with van der Waals surface area (Å²) in [5.41, 5.74) is -1.61. The van der Waals surface area contributed by atoms with Crippen molar-refractivity contribution in [1.82, 2.24) is 0 Å². The zero-order chi connectivity index (χ0) is 17.8. The number of amides is 1. The van der Waals surface area contributed by atoms with Crippen molar-refractivity contribution in [3.63, 3.8) is 0 Å². The minimum Gasteiger partial charge on any atom is -0.478 e. The average molecular weight is 325 g/mol. The Morgan fingerprint density at radius 3 is 2.39 bits per heavy atom. The quantitative estimate of drug-likeness (QED) is 0.641. The van der Waals surface area contributed by atoms with Crippen LogP contribution in [-0.2, 0) is 14.3 Å². The third-order valence-corrected chi connectivity index (χ3v) is 2.90. The lowest BCUT2D eigenvalue weighted by Crippen LogP contribution is -2.35. The Hall–Kier alpha value is -2.44. The number of nitrogens with one attached hydrogen (secondary N) is 1. The number of anilines is 1. The minimum atomic E-state index is -1.51. The second kappa shape index (κ2) is 7.21. The molecule has 23 heavy (non-hydrogen) atoms. The molecule has 0 aliphatic carbocycles. The lowest BCUT2D eigenvalue weighted by Gasteiger charge is -2.23. The van der Waals surface area contributed by atoms with Crippen molar-refractivity contribution in [3.8, 4) is 0 Å². The van der Waals surface area contributed by atoms with Crippen LogP contribution in [0.5, 0.6) is 0 Å². The van der Waals surface area contributed by atoms with Crippen LogP contribution >= 0.6 is 0 Å². The summed E-state index contributed by atoms with van der Waals surface area (Å²) in [5, 5.41) is 11.3. The largest absolute Gasteiger partial charge is 0.478 e. The van der Waals surface area contributed by atoms with Gasteiger partial charge in [0.2, 0.25) is 5.91 Å². The first kappa shape index (κ1) is 18.6. The number of benzene rings is 1. The van der Waals surface area contributed by atoms with E-state index < -0.39 is 40.7 Å². The fraction of sp³-hybridized carbons (Fsp3) is 0.438. The van der Waals surface area contributed by atoms with Gasteiger partial charge in [-0.2, -0.15) is 0 Å². The lowest BCUT2D eigenvalue weighted by atomic mass is 10.0. The molecular formula is C16H20FNO5. The number of carbonyl (C=O) groups is 3. The van der Waals surface area contributed by atoms with Crippen LogP contribution in [0.4, 0.5) is 10.1 Å². The van der Waals surface area contributed by atoms with Crippen molar-refractivity contribution in [1.29, 1.82) is 0 Å². The number of carbonyl (C=O) groups excluding carboxylic acids is 2. The van der Waals surface area contributed by atoms with Crippen molar-refractivity contribution in [2.24, 2.45) is 5.92 Å². The predicted molar refractivity (Wildman–Crippen MR) is 81.6 cm³/mol. The maximum absolute atomic E-state index is 13.6. The molecule has 0 aliphatic heterocycles. The van der Waals surface area contributed by atoms with Gasteiger partial charge in [-0.1, -0.05) is 13.0 Å². The van der Waals surface area contributed by atoms with Crippen LogP contribution in [0.1, 0.15) is 44.5 Å². The summed E-state index contributed by atoms with van der Waals surface area (Å²) in [4.78, 5) is 35.4. The molecule has 1 rings (SSSR count). The molecule has 1 aromatic carbocycles. The number of ether oxygens (including phenoxy) is 1. The van der Waals surface area contributed by atoms with E-state index in [1.165, 1.54) is 12.1 Å². The van der Waals surface area contributed by atoms with Crippen LogP contribution < -0.4 is 5.32 Å². The van der Waals surface area contributed by atoms with Crippen molar-refractivity contribution in [2.75, 3.05) is 5.32 Å². The van der Waals surface area contributed by atoms with Gasteiger partial charge in [0.25, 0.3) is 0 Å². The Morgan fingerprint density at radius 1 is 1.30 bits per heavy atom. The summed E-state index contributed by atoms with van der Waals surface area (Å²) in [6.07, 6.45) is 0.165. The Labute approximate surface area is 133 Å². The molecule has 2 N–H and O–H groups in total. The van der Waals surface area contributed by atoms with Gasteiger partial charge in [0.15, 0.2) is 0 Å². The van der Waals surface area contributed by atoms with E-state index in [0.717, 1.165) is 6.07 Å². The fourth-order valence-electron chi connectivity index (χ4n) is 1.90. The number of esters is 1. The third kappa shape index (κ3) is 5.05. The van der Waals surface area contributed by atoms with Crippen molar-refractivity contribution in [3.05, 3.63) is 29.6 Å². The van der Waals surface area contributed by atoms with Crippen molar-refractivity contribution >= 4 is 23.5 Å². The first-order chi connectivity index (χ1) is 10.6. The number of rotatable bonds is 5. The van der Waals surface area contributed by atoms with Gasteiger partial charge in [0.1, 0.15) is 22.9 Å². The molecule has 1 amide bonds. The van der Waals surface area contributed by atoms with Crippen LogP contribution in [0.15, 0.2) is 18.2 Å². The highest BCUT2D eigenvalue weighted by Gasteiger charge is 2.30. The monoisotopic (exact) mass is 325 g/mol. The summed E-state index contributed by atoms with van der Waals surface area (Å²) in [6.45, 7) is 6.64. The van der Waals surface area contributed by atoms with Gasteiger partial charge in [-0.15, -0.1) is 0 Å². The highest BCUT2D eigenvalue weighted by atomic mass is 19.1. The zero-order valence-electron chi connectivity index (χ0n) is 13.5. The normalized spacial score (nSPS) is 12.4. The van der Waals surface area contributed by atoms with Gasteiger partial charge in [-0.25, -0.2) is 9.18 Å². The second-order valence-electron chi connectivity index (χ2n) is 5.95. The smallest absolute Gasteiger partial charge is 0.340 e. The van der Waals surface area contributed by atoms with Crippen LogP contribution in [0.2, 0.25) is 0 Å². The number of carboxylic acids is 1. The van der Waals surface area contributed by atoms with E-state index in [4.69, 9.17) is 9.84 Å². The fourth-order valence-corrected chi connectivity index (χ4v) is 1.90. The molecule has 126 valence electrons. The van der Waals surface area contributed by atoms with E-state index in [1.54, 1.807) is 27.7 Å². The van der Waals surface area contributed by atoms with E-state index in [9.17, 15) is 18.8 Å². The molecule has 1 aromatic rings. The molecule has 0 saturated heterocycles. The standard InChI is InChI=1S/C16H20FNO5/c1-5-9(15(22)23-16(2,3)4)13(19)18-11-8-6-7-10(17)12(11)14(20)21/h6-9H,5H2,1-4H3,(H,18,19)(H,20,21)/t9-/m0/s1. The van der Waals surface area contributed by atoms with Crippen molar-refractivity contribution in [2.45, 2.75) is 39.7 Å². The molecule has 0 unspecified atom stereocenters. The van der Waals surface area contributed by atoms with Gasteiger partial charge in [0, 0.05) is 0 Å². The van der Waals surface area contributed by atoms with E-state index in [2.05, 4.69) is 5.32 Å². The summed E-state index contributed by atoms with van der Waals surface area (Å²) in [7, 11) is 0. The predicted octanol–water partition coefficient (Wildman–Crippen LogP) is 2.83. The highest BCUT2D eigenvalue weighted by molar-refractivity contribution is 6.07. The Morgan fingerprint density at radius 2 is 1.91 bits per heavy atom. The SMILES string of the molecule is CC[C@@H](C(=O)Nc1cccc(F)c1C(=O)O)C(=O)OC(C)(C)C. The van der Waals surface area contributed by atoms with Gasteiger partial charge in [0.05, 0.1) is 5.69 Å². The lowest BCUT2D eigenvalue weighted by molar-refractivity contribution is -0.161. The molecule has 0 fully saturated rings. The molecule has 0 aliphatic rings. The number of aromatic carboxylic acids is 1. The Balaban J connectivity index is 3.00. The van der Waals surface area contributed by atoms with Gasteiger partial charge in [-0.05, 0) is 39.3 Å². The molecule has 1 atom stereocenters.